The molecule has 1 aliphatic carbocycles. The van der Waals surface area contributed by atoms with E-state index in [0.717, 1.165) is 0 Å². The van der Waals surface area contributed by atoms with Crippen molar-refractivity contribution >= 4 is 15.9 Å². The van der Waals surface area contributed by atoms with Gasteiger partial charge in [-0.15, -0.1) is 0 Å². The molecule has 1 saturated carbocycles. The highest BCUT2D eigenvalue weighted by molar-refractivity contribution is 9.10. The van der Waals surface area contributed by atoms with Gasteiger partial charge in [-0.25, -0.2) is 0 Å². The second-order valence-corrected chi connectivity index (χ2v) is 3.88. The minimum atomic E-state index is 1.17. The molecular weight excluding hydrogens is 200 g/mol. The average molecular weight is 210 g/mol. The van der Waals surface area contributed by atoms with E-state index in [2.05, 4.69) is 40.2 Å². The first-order chi connectivity index (χ1) is 5.36. The zero-order valence-electron chi connectivity index (χ0n) is 6.31. The number of benzene rings is 1. The van der Waals surface area contributed by atoms with Crippen LogP contribution in [0.25, 0.3) is 0 Å². The predicted octanol–water partition coefficient (Wildman–Crippen LogP) is 3.56. The maximum absolute atomic E-state index is 3.43. The van der Waals surface area contributed by atoms with Crippen molar-refractivity contribution in [2.75, 3.05) is 0 Å². The van der Waals surface area contributed by atoms with Crippen LogP contribution < -0.4 is 0 Å². The Kier molecular flexibility index (Phi) is 1.99. The molecule has 1 aliphatic rings. The second kappa shape index (κ2) is 2.98. The van der Waals surface area contributed by atoms with Crippen molar-refractivity contribution in [3.8, 4) is 0 Å². The van der Waals surface area contributed by atoms with Crippen molar-refractivity contribution in [1.82, 2.24) is 0 Å². The number of hydrogen-bond donors (Lipinski definition) is 0. The maximum atomic E-state index is 3.43. The zero-order valence-corrected chi connectivity index (χ0v) is 7.89. The Hall–Kier alpha value is -0.300. The van der Waals surface area contributed by atoms with Gasteiger partial charge < -0.3 is 0 Å². The van der Waals surface area contributed by atoms with E-state index >= 15 is 0 Å². The van der Waals surface area contributed by atoms with Crippen LogP contribution in [0.3, 0.4) is 0 Å². The van der Waals surface area contributed by atoms with Gasteiger partial charge in [-0.05, 0) is 30.5 Å². The lowest BCUT2D eigenvalue weighted by Crippen LogP contribution is -2.09. The third kappa shape index (κ3) is 1.48. The van der Waals surface area contributed by atoms with Gasteiger partial charge in [0, 0.05) is 10.4 Å². The third-order valence-electron chi connectivity index (χ3n) is 2.21. The maximum Gasteiger partial charge on any atom is 0.0175 e. The average Bonchev–Trinajstić information content (AvgIpc) is 1.90. The van der Waals surface area contributed by atoms with Gasteiger partial charge in [-0.2, -0.15) is 0 Å². The molecule has 0 atom stereocenters. The molecule has 0 aromatic heterocycles. The summed E-state index contributed by atoms with van der Waals surface area (Å²) in [6, 6.07) is 8.61. The van der Waals surface area contributed by atoms with Gasteiger partial charge in [-0.3, -0.25) is 0 Å². The minimum Gasteiger partial charge on any atom is -0.0573 e. The zero-order chi connectivity index (χ0) is 7.68. The first kappa shape index (κ1) is 7.35. The lowest BCUT2D eigenvalue weighted by atomic mass is 9.80. The molecule has 2 rings (SSSR count). The highest BCUT2D eigenvalue weighted by Gasteiger charge is 2.19. The standard InChI is InChI=1S/C10H10Br/c11-10-6-4-9(5-7-10)8-2-1-3-8/h4-7H,1-3H2. The predicted molar refractivity (Wildman–Crippen MR) is 50.3 cm³/mol. The second-order valence-electron chi connectivity index (χ2n) is 2.96. The van der Waals surface area contributed by atoms with Gasteiger partial charge in [-0.1, -0.05) is 34.5 Å². The molecule has 0 saturated heterocycles. The fraction of sp³-hybridized carbons (Fsp3) is 0.300. The van der Waals surface area contributed by atoms with Crippen LogP contribution in [0.5, 0.6) is 0 Å². The molecule has 1 fully saturated rings. The topological polar surface area (TPSA) is 0 Å². The van der Waals surface area contributed by atoms with Gasteiger partial charge in [0.05, 0.1) is 0 Å². The highest BCUT2D eigenvalue weighted by atomic mass is 79.9. The highest BCUT2D eigenvalue weighted by Crippen LogP contribution is 2.35. The Labute approximate surface area is 75.8 Å². The molecule has 0 heterocycles. The number of hydrogen-bond acceptors (Lipinski definition) is 0. The van der Waals surface area contributed by atoms with E-state index in [0.29, 0.717) is 0 Å². The molecule has 1 aromatic rings. The summed E-state index contributed by atoms with van der Waals surface area (Å²) in [4.78, 5) is 0. The lowest BCUT2D eigenvalue weighted by Gasteiger charge is -2.24. The molecule has 57 valence electrons. The summed E-state index contributed by atoms with van der Waals surface area (Å²) < 4.78 is 1.17. The summed E-state index contributed by atoms with van der Waals surface area (Å²) >= 11 is 3.43. The van der Waals surface area contributed by atoms with E-state index in [-0.39, 0.29) is 0 Å². The van der Waals surface area contributed by atoms with Crippen molar-refractivity contribution in [3.63, 3.8) is 0 Å². The normalized spacial score (nSPS) is 17.9. The summed E-state index contributed by atoms with van der Waals surface area (Å²) in [6.45, 7) is 0. The van der Waals surface area contributed by atoms with Crippen LogP contribution in [0.15, 0.2) is 28.7 Å². The molecule has 1 aromatic carbocycles. The van der Waals surface area contributed by atoms with Crippen LogP contribution in [-0.4, -0.2) is 0 Å². The SMILES string of the molecule is Brc1ccc([C]2CCC2)cc1. The molecule has 1 radical (unpaired) electrons. The van der Waals surface area contributed by atoms with Gasteiger partial charge in [0.1, 0.15) is 0 Å². The third-order valence-corrected chi connectivity index (χ3v) is 2.74. The van der Waals surface area contributed by atoms with Crippen molar-refractivity contribution in [1.29, 1.82) is 0 Å². The Balaban J connectivity index is 2.18. The molecule has 0 bridgehead atoms. The monoisotopic (exact) mass is 209 g/mol. The van der Waals surface area contributed by atoms with E-state index in [1.54, 1.807) is 5.92 Å². The van der Waals surface area contributed by atoms with Crippen LogP contribution >= 0.6 is 15.9 Å². The smallest absolute Gasteiger partial charge is 0.0175 e. The Morgan fingerprint density at radius 2 is 1.64 bits per heavy atom. The Bertz CT molecular complexity index is 234. The van der Waals surface area contributed by atoms with Crippen LogP contribution in [0.2, 0.25) is 0 Å². The van der Waals surface area contributed by atoms with E-state index < -0.39 is 0 Å². The largest absolute Gasteiger partial charge is 0.0573 e. The van der Waals surface area contributed by atoms with E-state index in [1.165, 1.54) is 29.3 Å². The molecule has 0 aliphatic heterocycles. The van der Waals surface area contributed by atoms with E-state index in [9.17, 15) is 0 Å². The van der Waals surface area contributed by atoms with E-state index in [4.69, 9.17) is 0 Å². The Morgan fingerprint density at radius 1 is 1.00 bits per heavy atom. The Morgan fingerprint density at radius 3 is 2.09 bits per heavy atom. The van der Waals surface area contributed by atoms with Crippen molar-refractivity contribution in [2.45, 2.75) is 19.3 Å². The molecule has 0 nitrogen and oxygen atoms in total. The van der Waals surface area contributed by atoms with Crippen LogP contribution in [0.1, 0.15) is 24.8 Å². The minimum absolute atomic E-state index is 1.17. The molecule has 0 amide bonds. The first-order valence-electron chi connectivity index (χ1n) is 3.97. The van der Waals surface area contributed by atoms with Gasteiger partial charge in [0.15, 0.2) is 0 Å². The quantitative estimate of drug-likeness (QED) is 0.664. The van der Waals surface area contributed by atoms with Crippen molar-refractivity contribution in [2.24, 2.45) is 0 Å². The molecule has 1 heteroatoms. The number of halogens is 1. The summed E-state index contributed by atoms with van der Waals surface area (Å²) in [7, 11) is 0. The van der Waals surface area contributed by atoms with Crippen LogP contribution in [0.4, 0.5) is 0 Å². The fourth-order valence-electron chi connectivity index (χ4n) is 1.33. The van der Waals surface area contributed by atoms with Gasteiger partial charge in [0.2, 0.25) is 0 Å². The molecule has 0 spiro atoms. The number of rotatable bonds is 1. The van der Waals surface area contributed by atoms with Crippen molar-refractivity contribution < 1.29 is 0 Å². The van der Waals surface area contributed by atoms with Gasteiger partial charge >= 0.3 is 0 Å². The lowest BCUT2D eigenvalue weighted by molar-refractivity contribution is 0.577. The summed E-state index contributed by atoms with van der Waals surface area (Å²) in [5.41, 5.74) is 1.43. The molecule has 0 unspecified atom stereocenters. The van der Waals surface area contributed by atoms with Crippen LogP contribution in [-0.2, 0) is 0 Å². The first-order valence-corrected chi connectivity index (χ1v) is 4.76. The van der Waals surface area contributed by atoms with E-state index in [1.807, 2.05) is 0 Å². The molecule has 0 N–H and O–H groups in total. The molecular formula is C10H10Br. The van der Waals surface area contributed by atoms with Gasteiger partial charge in [0.25, 0.3) is 0 Å². The summed E-state index contributed by atoms with van der Waals surface area (Å²) in [6.07, 6.45) is 3.99. The summed E-state index contributed by atoms with van der Waals surface area (Å²) in [5, 5.41) is 0. The van der Waals surface area contributed by atoms with Crippen molar-refractivity contribution in [3.05, 3.63) is 40.2 Å². The van der Waals surface area contributed by atoms with Crippen LogP contribution in [0, 0.1) is 5.92 Å². The fourth-order valence-corrected chi connectivity index (χ4v) is 1.59. The molecule has 11 heavy (non-hydrogen) atoms. The summed E-state index contributed by atoms with van der Waals surface area (Å²) in [5.74, 6) is 1.62.